The number of carboxylic acids is 1. The van der Waals surface area contributed by atoms with E-state index in [4.69, 9.17) is 9.52 Å². The maximum absolute atomic E-state index is 11.3. The van der Waals surface area contributed by atoms with Crippen molar-refractivity contribution in [2.75, 3.05) is 10.6 Å². The molecule has 0 atom stereocenters. The van der Waals surface area contributed by atoms with Gasteiger partial charge >= 0.3 is 5.97 Å². The molecule has 6 heteroatoms. The Labute approximate surface area is 121 Å². The van der Waals surface area contributed by atoms with Crippen molar-refractivity contribution in [3.8, 4) is 0 Å². The highest BCUT2D eigenvalue weighted by Crippen LogP contribution is 2.17. The molecule has 2 rings (SSSR count). The minimum Gasteiger partial charge on any atom is -0.475 e. The highest BCUT2D eigenvalue weighted by molar-refractivity contribution is 5.90. The van der Waals surface area contributed by atoms with Crippen LogP contribution in [0, 0.1) is 0 Å². The van der Waals surface area contributed by atoms with E-state index in [1.165, 1.54) is 6.07 Å². The molecule has 1 aromatic heterocycles. The predicted molar refractivity (Wildman–Crippen MR) is 78.4 cm³/mol. The normalized spacial score (nSPS) is 10.1. The molecule has 1 heterocycles. The smallest absolute Gasteiger partial charge is 0.371 e. The number of furan rings is 1. The number of hydrogen-bond acceptors (Lipinski definition) is 4. The Morgan fingerprint density at radius 1 is 1.19 bits per heavy atom. The van der Waals surface area contributed by atoms with Gasteiger partial charge in [0.25, 0.3) is 0 Å². The fourth-order valence-corrected chi connectivity index (χ4v) is 1.73. The van der Waals surface area contributed by atoms with E-state index in [0.717, 1.165) is 5.69 Å². The number of hydrogen-bond donors (Lipinski definition) is 3. The van der Waals surface area contributed by atoms with Crippen LogP contribution in [-0.2, 0) is 11.3 Å². The molecule has 3 N–H and O–H groups in total. The van der Waals surface area contributed by atoms with Gasteiger partial charge in [0.1, 0.15) is 5.76 Å². The number of nitrogens with one attached hydrogen (secondary N) is 2. The Kier molecular flexibility index (Phi) is 4.61. The zero-order valence-electron chi connectivity index (χ0n) is 11.6. The lowest BCUT2D eigenvalue weighted by molar-refractivity contribution is -0.115. The molecule has 0 unspecified atom stereocenters. The van der Waals surface area contributed by atoms with Crippen LogP contribution in [0.4, 0.5) is 11.4 Å². The summed E-state index contributed by atoms with van der Waals surface area (Å²) in [4.78, 5) is 22.0. The summed E-state index contributed by atoms with van der Waals surface area (Å²) in [6.07, 6.45) is 0.419. The van der Waals surface area contributed by atoms with E-state index in [1.807, 2.05) is 12.1 Å². The number of carboxylic acid groups (broad SMARTS) is 1. The standard InChI is InChI=1S/C15H16N2O4/c1-2-14(18)17-11-5-3-4-10(8-11)16-9-12-6-7-13(21-12)15(19)20/h3-8,16H,2,9H2,1H3,(H,17,18)(H,19,20). The van der Waals surface area contributed by atoms with Gasteiger partial charge in [-0.15, -0.1) is 0 Å². The highest BCUT2D eigenvalue weighted by Gasteiger charge is 2.08. The van der Waals surface area contributed by atoms with Crippen LogP contribution < -0.4 is 10.6 Å². The largest absolute Gasteiger partial charge is 0.475 e. The highest BCUT2D eigenvalue weighted by atomic mass is 16.4. The lowest BCUT2D eigenvalue weighted by Gasteiger charge is -2.08. The van der Waals surface area contributed by atoms with Gasteiger partial charge in [0.05, 0.1) is 6.54 Å². The van der Waals surface area contributed by atoms with E-state index in [-0.39, 0.29) is 11.7 Å². The molecule has 2 aromatic rings. The third-order valence-corrected chi connectivity index (χ3v) is 2.81. The van der Waals surface area contributed by atoms with Gasteiger partial charge in [0, 0.05) is 17.8 Å². The topological polar surface area (TPSA) is 91.6 Å². The van der Waals surface area contributed by atoms with Crippen molar-refractivity contribution >= 4 is 23.3 Å². The zero-order chi connectivity index (χ0) is 15.2. The van der Waals surface area contributed by atoms with Gasteiger partial charge in [-0.2, -0.15) is 0 Å². The third kappa shape index (κ3) is 4.10. The molecule has 0 fully saturated rings. The molecule has 21 heavy (non-hydrogen) atoms. The summed E-state index contributed by atoms with van der Waals surface area (Å²) in [6, 6.07) is 10.3. The predicted octanol–water partition coefficient (Wildman–Crippen LogP) is 2.94. The number of rotatable bonds is 6. The van der Waals surface area contributed by atoms with Gasteiger partial charge in [-0.25, -0.2) is 4.79 Å². The van der Waals surface area contributed by atoms with Crippen LogP contribution in [0.2, 0.25) is 0 Å². The summed E-state index contributed by atoms with van der Waals surface area (Å²) in [7, 11) is 0. The van der Waals surface area contributed by atoms with Crippen LogP contribution in [0.15, 0.2) is 40.8 Å². The first kappa shape index (κ1) is 14.6. The number of aromatic carboxylic acids is 1. The minimum absolute atomic E-state index is 0.0516. The molecular weight excluding hydrogens is 272 g/mol. The van der Waals surface area contributed by atoms with Gasteiger partial charge < -0.3 is 20.2 Å². The van der Waals surface area contributed by atoms with Crippen LogP contribution >= 0.6 is 0 Å². The molecule has 0 aliphatic carbocycles. The molecule has 0 saturated carbocycles. The van der Waals surface area contributed by atoms with Crippen LogP contribution in [0.5, 0.6) is 0 Å². The molecule has 1 amide bonds. The second kappa shape index (κ2) is 6.60. The Hall–Kier alpha value is -2.76. The average molecular weight is 288 g/mol. The fourth-order valence-electron chi connectivity index (χ4n) is 1.73. The van der Waals surface area contributed by atoms with Crippen LogP contribution in [0.1, 0.15) is 29.7 Å². The summed E-state index contributed by atoms with van der Waals surface area (Å²) < 4.78 is 5.15. The van der Waals surface area contributed by atoms with Gasteiger partial charge in [0.2, 0.25) is 11.7 Å². The van der Waals surface area contributed by atoms with Crippen LogP contribution in [0.3, 0.4) is 0 Å². The van der Waals surface area contributed by atoms with E-state index in [0.29, 0.717) is 24.4 Å². The molecule has 110 valence electrons. The van der Waals surface area contributed by atoms with Crippen LogP contribution in [0.25, 0.3) is 0 Å². The van der Waals surface area contributed by atoms with E-state index in [2.05, 4.69) is 10.6 Å². The number of benzene rings is 1. The Bertz CT molecular complexity index is 649. The van der Waals surface area contributed by atoms with Gasteiger partial charge in [-0.3, -0.25) is 4.79 Å². The molecule has 0 spiro atoms. The SMILES string of the molecule is CCC(=O)Nc1cccc(NCc2ccc(C(=O)O)o2)c1. The van der Waals surface area contributed by atoms with Crippen molar-refractivity contribution in [2.24, 2.45) is 0 Å². The van der Waals surface area contributed by atoms with Gasteiger partial charge in [-0.05, 0) is 30.3 Å². The minimum atomic E-state index is -1.09. The lowest BCUT2D eigenvalue weighted by Crippen LogP contribution is -2.09. The molecule has 6 nitrogen and oxygen atoms in total. The summed E-state index contributed by atoms with van der Waals surface area (Å²) >= 11 is 0. The summed E-state index contributed by atoms with van der Waals surface area (Å²) in [5.41, 5.74) is 1.51. The molecule has 0 aliphatic rings. The molecular formula is C15H16N2O4. The maximum atomic E-state index is 11.3. The summed E-state index contributed by atoms with van der Waals surface area (Å²) in [6.45, 7) is 2.15. The second-order valence-corrected chi connectivity index (χ2v) is 4.41. The monoisotopic (exact) mass is 288 g/mol. The maximum Gasteiger partial charge on any atom is 0.371 e. The third-order valence-electron chi connectivity index (χ3n) is 2.81. The Morgan fingerprint density at radius 3 is 2.62 bits per heavy atom. The number of carbonyl (C=O) groups excluding carboxylic acids is 1. The fraction of sp³-hybridized carbons (Fsp3) is 0.200. The van der Waals surface area contributed by atoms with E-state index < -0.39 is 5.97 Å². The summed E-state index contributed by atoms with van der Waals surface area (Å²) in [5.74, 6) is -0.707. The van der Waals surface area contributed by atoms with Gasteiger partial charge in [-0.1, -0.05) is 13.0 Å². The van der Waals surface area contributed by atoms with Gasteiger partial charge in [0.15, 0.2) is 0 Å². The number of carbonyl (C=O) groups is 2. The first-order chi connectivity index (χ1) is 10.1. The first-order valence-electron chi connectivity index (χ1n) is 6.54. The zero-order valence-corrected chi connectivity index (χ0v) is 11.6. The Balaban J connectivity index is 1.97. The van der Waals surface area contributed by atoms with Crippen molar-refractivity contribution in [2.45, 2.75) is 19.9 Å². The molecule has 0 aliphatic heterocycles. The van der Waals surface area contributed by atoms with E-state index in [9.17, 15) is 9.59 Å². The van der Waals surface area contributed by atoms with E-state index in [1.54, 1.807) is 25.1 Å². The van der Waals surface area contributed by atoms with Crippen molar-refractivity contribution in [3.63, 3.8) is 0 Å². The molecule has 0 bridgehead atoms. The number of amides is 1. The second-order valence-electron chi connectivity index (χ2n) is 4.41. The molecule has 1 aromatic carbocycles. The van der Waals surface area contributed by atoms with Crippen molar-refractivity contribution in [3.05, 3.63) is 47.9 Å². The first-order valence-corrected chi connectivity index (χ1v) is 6.54. The molecule has 0 radical (unpaired) electrons. The van der Waals surface area contributed by atoms with Crippen molar-refractivity contribution < 1.29 is 19.1 Å². The van der Waals surface area contributed by atoms with Crippen molar-refractivity contribution in [1.82, 2.24) is 0 Å². The number of anilines is 2. The van der Waals surface area contributed by atoms with E-state index >= 15 is 0 Å². The lowest BCUT2D eigenvalue weighted by atomic mass is 10.2. The Morgan fingerprint density at radius 2 is 1.95 bits per heavy atom. The quantitative estimate of drug-likeness (QED) is 0.760. The van der Waals surface area contributed by atoms with Crippen LogP contribution in [-0.4, -0.2) is 17.0 Å². The average Bonchev–Trinajstić information content (AvgIpc) is 2.94. The molecule has 0 saturated heterocycles. The van der Waals surface area contributed by atoms with Crippen molar-refractivity contribution in [1.29, 1.82) is 0 Å². The summed E-state index contributed by atoms with van der Waals surface area (Å²) in [5, 5.41) is 14.6.